The van der Waals surface area contributed by atoms with E-state index in [4.69, 9.17) is 4.74 Å². The number of halogens is 1. The van der Waals surface area contributed by atoms with Gasteiger partial charge in [0.15, 0.2) is 0 Å². The number of thioether (sulfide) groups is 1. The Morgan fingerprint density at radius 3 is 2.78 bits per heavy atom. The van der Waals surface area contributed by atoms with Crippen molar-refractivity contribution in [2.45, 2.75) is 43.4 Å². The van der Waals surface area contributed by atoms with E-state index in [1.165, 1.54) is 11.8 Å². The highest BCUT2D eigenvalue weighted by Crippen LogP contribution is 2.48. The third kappa shape index (κ3) is 4.69. The number of rotatable bonds is 5. The van der Waals surface area contributed by atoms with Crippen molar-refractivity contribution in [2.24, 2.45) is 5.92 Å². The summed E-state index contributed by atoms with van der Waals surface area (Å²) in [5, 5.41) is 12.5. The Balaban J connectivity index is 1.24. The van der Waals surface area contributed by atoms with Crippen molar-refractivity contribution in [2.75, 3.05) is 24.5 Å². The molecule has 8 nitrogen and oxygen atoms in total. The number of carbonyl (C=O) groups excluding carboxylic acids is 2. The van der Waals surface area contributed by atoms with Gasteiger partial charge in [-0.25, -0.2) is 9.18 Å². The molecule has 6 rings (SSSR count). The predicted molar refractivity (Wildman–Crippen MR) is 141 cm³/mol. The first kappa shape index (κ1) is 24.3. The summed E-state index contributed by atoms with van der Waals surface area (Å²) in [4.78, 5) is 29.1. The summed E-state index contributed by atoms with van der Waals surface area (Å²) in [5.41, 5.74) is 2.43. The van der Waals surface area contributed by atoms with E-state index in [2.05, 4.69) is 21.3 Å². The number of anilines is 1. The lowest BCUT2D eigenvalue weighted by molar-refractivity contribution is -0.117. The minimum Gasteiger partial charge on any atom is -0.457 e. The van der Waals surface area contributed by atoms with Gasteiger partial charge in [-0.1, -0.05) is 30.0 Å². The summed E-state index contributed by atoms with van der Waals surface area (Å²) in [6.07, 6.45) is 0.0892. The summed E-state index contributed by atoms with van der Waals surface area (Å²) >= 11 is 1.46. The summed E-state index contributed by atoms with van der Waals surface area (Å²) in [7, 11) is 0. The highest BCUT2D eigenvalue weighted by atomic mass is 32.2. The van der Waals surface area contributed by atoms with Crippen LogP contribution < -0.4 is 30.9 Å². The second-order valence-electron chi connectivity index (χ2n) is 9.94. The average molecular weight is 524 g/mol. The van der Waals surface area contributed by atoms with Gasteiger partial charge in [0.2, 0.25) is 0 Å². The van der Waals surface area contributed by atoms with Crippen LogP contribution in [-0.2, 0) is 4.79 Å². The molecule has 0 spiro atoms. The highest BCUT2D eigenvalue weighted by Gasteiger charge is 2.52. The SMILES string of the molecule is Cc1cc(Oc2ccccc2)ccc1N1C(=O)NC2=C(C(=O)N[C@H]3CNC[C@H](F)C3)SC3NCCC1C23. The van der Waals surface area contributed by atoms with Gasteiger partial charge in [0.1, 0.15) is 17.7 Å². The maximum Gasteiger partial charge on any atom is 0.326 e. The molecule has 2 aromatic rings. The monoisotopic (exact) mass is 523 g/mol. The fourth-order valence-corrected chi connectivity index (χ4v) is 7.14. The van der Waals surface area contributed by atoms with Gasteiger partial charge in [-0.05, 0) is 55.8 Å². The number of amides is 3. The largest absolute Gasteiger partial charge is 0.457 e. The number of carbonyl (C=O) groups is 2. The van der Waals surface area contributed by atoms with E-state index < -0.39 is 6.17 Å². The number of nitrogens with one attached hydrogen (secondary N) is 4. The zero-order valence-corrected chi connectivity index (χ0v) is 21.3. The normalized spacial score (nSPS) is 29.0. The van der Waals surface area contributed by atoms with Crippen molar-refractivity contribution < 1.29 is 18.7 Å². The summed E-state index contributed by atoms with van der Waals surface area (Å²) in [6, 6.07) is 14.7. The maximum atomic E-state index is 13.8. The van der Waals surface area contributed by atoms with Crippen LogP contribution in [0.3, 0.4) is 0 Å². The van der Waals surface area contributed by atoms with Gasteiger partial charge in [-0.3, -0.25) is 9.69 Å². The van der Waals surface area contributed by atoms with Crippen LogP contribution in [0.5, 0.6) is 11.5 Å². The van der Waals surface area contributed by atoms with Crippen LogP contribution in [0.1, 0.15) is 18.4 Å². The van der Waals surface area contributed by atoms with Gasteiger partial charge in [0.05, 0.1) is 16.3 Å². The number of aryl methyl sites for hydroxylation is 1. The molecule has 3 unspecified atom stereocenters. The lowest BCUT2D eigenvalue weighted by atomic mass is 9.86. The molecular weight excluding hydrogens is 493 g/mol. The number of hydrogen-bond acceptors (Lipinski definition) is 6. The first-order chi connectivity index (χ1) is 18.0. The molecule has 5 atom stereocenters. The number of nitrogens with zero attached hydrogens (tertiary/aromatic N) is 1. The van der Waals surface area contributed by atoms with E-state index in [0.29, 0.717) is 35.9 Å². The number of alkyl halides is 1. The zero-order chi connectivity index (χ0) is 25.5. The Morgan fingerprint density at radius 2 is 2.00 bits per heavy atom. The molecular formula is C27H30FN5O3S. The molecule has 4 aliphatic rings. The molecule has 4 N–H and O–H groups in total. The van der Waals surface area contributed by atoms with Gasteiger partial charge in [0.25, 0.3) is 5.91 Å². The van der Waals surface area contributed by atoms with E-state index in [0.717, 1.165) is 30.0 Å². The van der Waals surface area contributed by atoms with Crippen molar-refractivity contribution in [3.05, 3.63) is 64.7 Å². The molecule has 37 heavy (non-hydrogen) atoms. The number of benzene rings is 2. The van der Waals surface area contributed by atoms with Gasteiger partial charge in [0, 0.05) is 42.9 Å². The molecule has 0 aliphatic carbocycles. The number of hydrogen-bond donors (Lipinski definition) is 4. The molecule has 3 amide bonds. The van der Waals surface area contributed by atoms with Crippen molar-refractivity contribution in [1.82, 2.24) is 21.3 Å². The van der Waals surface area contributed by atoms with Crippen molar-refractivity contribution in [3.63, 3.8) is 0 Å². The summed E-state index contributed by atoms with van der Waals surface area (Å²) in [5.74, 6) is 1.16. The maximum absolute atomic E-state index is 13.8. The van der Waals surface area contributed by atoms with Crippen LogP contribution in [0.15, 0.2) is 59.1 Å². The Labute approximate surface area is 219 Å². The van der Waals surface area contributed by atoms with Crippen LogP contribution in [0.25, 0.3) is 0 Å². The van der Waals surface area contributed by atoms with Gasteiger partial charge >= 0.3 is 6.03 Å². The van der Waals surface area contributed by atoms with E-state index in [1.807, 2.05) is 60.4 Å². The topological polar surface area (TPSA) is 94.7 Å². The van der Waals surface area contributed by atoms with Crippen LogP contribution in [0.4, 0.5) is 14.9 Å². The fourth-order valence-electron chi connectivity index (χ4n) is 5.74. The number of para-hydroxylation sites is 1. The lowest BCUT2D eigenvalue weighted by Gasteiger charge is -2.46. The molecule has 3 fully saturated rings. The highest BCUT2D eigenvalue weighted by molar-refractivity contribution is 8.04. The summed E-state index contributed by atoms with van der Waals surface area (Å²) in [6.45, 7) is 3.57. The number of piperidine rings is 2. The van der Waals surface area contributed by atoms with Crippen molar-refractivity contribution >= 4 is 29.4 Å². The zero-order valence-electron chi connectivity index (χ0n) is 20.5. The van der Waals surface area contributed by atoms with Crippen LogP contribution in [0.2, 0.25) is 0 Å². The van der Waals surface area contributed by atoms with E-state index in [-0.39, 0.29) is 35.3 Å². The Morgan fingerprint density at radius 1 is 1.16 bits per heavy atom. The molecule has 4 aliphatic heterocycles. The minimum absolute atomic E-state index is 0.0167. The molecule has 0 bridgehead atoms. The Kier molecular flexibility index (Phi) is 6.56. The lowest BCUT2D eigenvalue weighted by Crippen LogP contribution is -2.62. The van der Waals surface area contributed by atoms with Crippen LogP contribution in [-0.4, -0.2) is 55.2 Å². The second-order valence-corrected chi connectivity index (χ2v) is 11.1. The predicted octanol–water partition coefficient (Wildman–Crippen LogP) is 3.40. The minimum atomic E-state index is -0.975. The first-order valence-corrected chi connectivity index (χ1v) is 13.6. The smallest absolute Gasteiger partial charge is 0.326 e. The van der Waals surface area contributed by atoms with E-state index >= 15 is 0 Å². The molecule has 10 heteroatoms. The average Bonchev–Trinajstić information content (AvgIpc) is 3.25. The second kappa shape index (κ2) is 10.00. The Hall–Kier alpha value is -3.08. The van der Waals surface area contributed by atoms with Gasteiger partial charge in [-0.15, -0.1) is 0 Å². The third-order valence-electron chi connectivity index (χ3n) is 7.39. The summed E-state index contributed by atoms with van der Waals surface area (Å²) < 4.78 is 19.8. The standard InChI is InChI=1S/C27H30FN5O3S/c1-15-11-19(36-18-5-3-2-4-6-18)7-8-20(15)33-21-9-10-30-26-22(21)23(32-27(33)35)24(37-26)25(34)31-17-12-16(28)13-29-14-17/h2-8,11,16-17,21-22,26,29-30H,9-10,12-14H2,1H3,(H,31,34)(H,32,35)/t16-,17-,21?,22?,26?/m1/s1. The fraction of sp³-hybridized carbons (Fsp3) is 0.407. The van der Waals surface area contributed by atoms with Crippen LogP contribution in [0, 0.1) is 12.8 Å². The third-order valence-corrected chi connectivity index (χ3v) is 8.74. The van der Waals surface area contributed by atoms with E-state index in [9.17, 15) is 14.0 Å². The van der Waals surface area contributed by atoms with Gasteiger partial charge in [-0.2, -0.15) is 0 Å². The van der Waals surface area contributed by atoms with Crippen molar-refractivity contribution in [1.29, 1.82) is 0 Å². The molecule has 4 heterocycles. The molecule has 194 valence electrons. The van der Waals surface area contributed by atoms with Crippen molar-refractivity contribution in [3.8, 4) is 11.5 Å². The van der Waals surface area contributed by atoms with Crippen LogP contribution >= 0.6 is 11.8 Å². The van der Waals surface area contributed by atoms with E-state index in [1.54, 1.807) is 0 Å². The Bertz CT molecular complexity index is 1240. The molecule has 0 aromatic heterocycles. The first-order valence-electron chi connectivity index (χ1n) is 12.7. The molecule has 0 saturated carbocycles. The molecule has 0 radical (unpaired) electrons. The quantitative estimate of drug-likeness (QED) is 0.480. The number of urea groups is 1. The number of ether oxygens (including phenoxy) is 1. The molecule has 2 aromatic carbocycles. The molecule has 3 saturated heterocycles. The van der Waals surface area contributed by atoms with Gasteiger partial charge < -0.3 is 26.0 Å².